The third-order valence-electron chi connectivity index (χ3n) is 3.42. The molecule has 1 aromatic carbocycles. The van der Waals surface area contributed by atoms with Gasteiger partial charge < -0.3 is 10.4 Å². The first-order chi connectivity index (χ1) is 10.6. The predicted molar refractivity (Wildman–Crippen MR) is 86.0 cm³/mol. The van der Waals surface area contributed by atoms with E-state index >= 15 is 0 Å². The zero-order valence-corrected chi connectivity index (χ0v) is 13.3. The van der Waals surface area contributed by atoms with Gasteiger partial charge in [0.05, 0.1) is 18.3 Å². The maximum absolute atomic E-state index is 12.0. The highest BCUT2D eigenvalue weighted by atomic mass is 35.5. The fourth-order valence-electron chi connectivity index (χ4n) is 2.06. The van der Waals surface area contributed by atoms with Gasteiger partial charge in [-0.3, -0.25) is 9.48 Å². The molecule has 2 N–H and O–H groups in total. The number of aliphatic hydroxyl groups excluding tert-OH is 1. The second-order valence-electron chi connectivity index (χ2n) is 5.35. The van der Waals surface area contributed by atoms with Gasteiger partial charge in [0, 0.05) is 24.4 Å². The van der Waals surface area contributed by atoms with Crippen LogP contribution in [0.2, 0.25) is 5.02 Å². The van der Waals surface area contributed by atoms with Crippen molar-refractivity contribution in [2.45, 2.75) is 19.9 Å². The van der Waals surface area contributed by atoms with E-state index in [4.69, 9.17) is 16.7 Å². The molecule has 5 nitrogen and oxygen atoms in total. The first kappa shape index (κ1) is 16.5. The molecule has 0 saturated carbocycles. The first-order valence-corrected chi connectivity index (χ1v) is 7.63. The van der Waals surface area contributed by atoms with Crippen molar-refractivity contribution in [1.29, 1.82) is 0 Å². The van der Waals surface area contributed by atoms with Crippen LogP contribution in [0, 0.1) is 5.92 Å². The van der Waals surface area contributed by atoms with Crippen molar-refractivity contribution >= 4 is 17.5 Å². The van der Waals surface area contributed by atoms with Crippen molar-refractivity contribution in [2.24, 2.45) is 5.92 Å². The number of benzene rings is 1. The zero-order chi connectivity index (χ0) is 15.9. The topological polar surface area (TPSA) is 67.2 Å². The summed E-state index contributed by atoms with van der Waals surface area (Å²) in [5.41, 5.74) is 1.47. The summed E-state index contributed by atoms with van der Waals surface area (Å²) in [6.07, 6.45) is 3.92. The second kappa shape index (κ2) is 7.96. The van der Waals surface area contributed by atoms with Gasteiger partial charge >= 0.3 is 0 Å². The minimum absolute atomic E-state index is 0.132. The van der Waals surface area contributed by atoms with E-state index in [0.29, 0.717) is 30.1 Å². The van der Waals surface area contributed by atoms with Crippen LogP contribution in [0.15, 0.2) is 36.7 Å². The summed E-state index contributed by atoms with van der Waals surface area (Å²) in [6.45, 7) is 3.17. The Kier molecular flexibility index (Phi) is 5.98. The number of halogens is 1. The van der Waals surface area contributed by atoms with E-state index in [1.54, 1.807) is 17.1 Å². The van der Waals surface area contributed by atoms with Crippen molar-refractivity contribution in [3.05, 3.63) is 52.8 Å². The summed E-state index contributed by atoms with van der Waals surface area (Å²) in [5.74, 6) is 0.0855. The minimum atomic E-state index is -0.157. The average molecular weight is 322 g/mol. The molecular weight excluding hydrogens is 302 g/mol. The number of carbonyl (C=O) groups excluding carboxylic acids is 1. The van der Waals surface area contributed by atoms with E-state index in [-0.39, 0.29) is 18.4 Å². The highest BCUT2D eigenvalue weighted by Crippen LogP contribution is 2.16. The molecule has 0 aliphatic heterocycles. The number of nitrogens with one attached hydrogen (secondary N) is 1. The predicted octanol–water partition coefficient (Wildman–Crippen LogP) is 2.33. The van der Waals surface area contributed by atoms with Gasteiger partial charge in [0.2, 0.25) is 0 Å². The molecule has 2 rings (SSSR count). The first-order valence-electron chi connectivity index (χ1n) is 7.25. The molecule has 0 spiro atoms. The number of hydrogen-bond acceptors (Lipinski definition) is 3. The number of hydrogen-bond donors (Lipinski definition) is 2. The molecule has 0 bridgehead atoms. The molecule has 2 aromatic rings. The van der Waals surface area contributed by atoms with Gasteiger partial charge in [-0.15, -0.1) is 0 Å². The molecule has 1 atom stereocenters. The minimum Gasteiger partial charge on any atom is -0.396 e. The Morgan fingerprint density at radius 3 is 2.95 bits per heavy atom. The van der Waals surface area contributed by atoms with Crippen LogP contribution in [-0.4, -0.2) is 33.9 Å². The second-order valence-corrected chi connectivity index (χ2v) is 5.75. The Morgan fingerprint density at radius 2 is 2.23 bits per heavy atom. The highest BCUT2D eigenvalue weighted by molar-refractivity contribution is 6.31. The van der Waals surface area contributed by atoms with E-state index in [9.17, 15) is 4.79 Å². The number of nitrogens with zero attached hydrogens (tertiary/aromatic N) is 2. The molecule has 0 saturated heterocycles. The Bertz CT molecular complexity index is 627. The van der Waals surface area contributed by atoms with E-state index < -0.39 is 0 Å². The van der Waals surface area contributed by atoms with Gasteiger partial charge in [0.25, 0.3) is 5.91 Å². The van der Waals surface area contributed by atoms with Crippen LogP contribution in [-0.2, 0) is 6.54 Å². The number of amides is 1. The smallest absolute Gasteiger partial charge is 0.254 e. The Morgan fingerprint density at radius 1 is 1.45 bits per heavy atom. The van der Waals surface area contributed by atoms with E-state index in [0.717, 1.165) is 5.56 Å². The lowest BCUT2D eigenvalue weighted by Gasteiger charge is -2.10. The quantitative estimate of drug-likeness (QED) is 0.822. The molecule has 22 heavy (non-hydrogen) atoms. The number of carbonyl (C=O) groups is 1. The summed E-state index contributed by atoms with van der Waals surface area (Å²) in [6, 6.07) is 7.55. The van der Waals surface area contributed by atoms with Crippen molar-refractivity contribution < 1.29 is 9.90 Å². The summed E-state index contributed by atoms with van der Waals surface area (Å²) >= 11 is 6.12. The summed E-state index contributed by atoms with van der Waals surface area (Å²) < 4.78 is 1.69. The number of aliphatic hydroxyl groups is 1. The molecule has 0 aliphatic carbocycles. The maximum Gasteiger partial charge on any atom is 0.254 e. The Labute approximate surface area is 134 Å². The highest BCUT2D eigenvalue weighted by Gasteiger charge is 2.10. The van der Waals surface area contributed by atoms with E-state index in [1.165, 1.54) is 0 Å². The van der Waals surface area contributed by atoms with Crippen LogP contribution in [0.4, 0.5) is 0 Å². The van der Waals surface area contributed by atoms with Gasteiger partial charge in [-0.05, 0) is 24.0 Å². The number of aromatic nitrogens is 2. The fraction of sp³-hybridized carbons (Fsp3) is 0.375. The van der Waals surface area contributed by atoms with Gasteiger partial charge in [-0.25, -0.2) is 0 Å². The lowest BCUT2D eigenvalue weighted by Crippen LogP contribution is -2.28. The largest absolute Gasteiger partial charge is 0.396 e. The molecule has 6 heteroatoms. The molecule has 0 aliphatic rings. The van der Waals surface area contributed by atoms with Crippen LogP contribution < -0.4 is 5.32 Å². The zero-order valence-electron chi connectivity index (χ0n) is 12.5. The standard InChI is InChI=1S/C16H20ClN3O2/c1-12(6-7-21)8-18-16(22)14-9-19-20(11-14)10-13-4-2-3-5-15(13)17/h2-5,9,11-12,21H,6-8,10H2,1H3,(H,18,22). The lowest BCUT2D eigenvalue weighted by atomic mass is 10.1. The molecule has 1 aromatic heterocycles. The van der Waals surface area contributed by atoms with Gasteiger partial charge in [0.15, 0.2) is 0 Å². The Balaban J connectivity index is 1.93. The SMILES string of the molecule is CC(CCO)CNC(=O)c1cnn(Cc2ccccc2Cl)c1. The van der Waals surface area contributed by atoms with Crippen molar-refractivity contribution in [3.63, 3.8) is 0 Å². The monoisotopic (exact) mass is 321 g/mol. The van der Waals surface area contributed by atoms with Crippen LogP contribution >= 0.6 is 11.6 Å². The van der Waals surface area contributed by atoms with Crippen LogP contribution in [0.25, 0.3) is 0 Å². The Hall–Kier alpha value is -1.85. The van der Waals surface area contributed by atoms with Gasteiger partial charge in [0.1, 0.15) is 0 Å². The molecule has 1 unspecified atom stereocenters. The molecular formula is C16H20ClN3O2. The lowest BCUT2D eigenvalue weighted by molar-refractivity contribution is 0.0945. The van der Waals surface area contributed by atoms with Crippen molar-refractivity contribution in [1.82, 2.24) is 15.1 Å². The third-order valence-corrected chi connectivity index (χ3v) is 3.79. The number of rotatable bonds is 7. The van der Waals surface area contributed by atoms with Crippen molar-refractivity contribution in [3.8, 4) is 0 Å². The van der Waals surface area contributed by atoms with Crippen LogP contribution in [0.1, 0.15) is 29.3 Å². The molecule has 0 radical (unpaired) electrons. The molecule has 1 heterocycles. The summed E-state index contributed by atoms with van der Waals surface area (Å²) in [4.78, 5) is 12.0. The van der Waals surface area contributed by atoms with E-state index in [1.807, 2.05) is 31.2 Å². The third kappa shape index (κ3) is 4.58. The van der Waals surface area contributed by atoms with Gasteiger partial charge in [-0.1, -0.05) is 36.7 Å². The molecule has 118 valence electrons. The fourth-order valence-corrected chi connectivity index (χ4v) is 2.26. The van der Waals surface area contributed by atoms with Gasteiger partial charge in [-0.2, -0.15) is 5.10 Å². The average Bonchev–Trinajstić information content (AvgIpc) is 2.96. The summed E-state index contributed by atoms with van der Waals surface area (Å²) in [5, 5.41) is 16.6. The normalized spacial score (nSPS) is 12.1. The van der Waals surface area contributed by atoms with Crippen molar-refractivity contribution in [2.75, 3.05) is 13.2 Å². The molecule has 0 fully saturated rings. The van der Waals surface area contributed by atoms with E-state index in [2.05, 4.69) is 10.4 Å². The van der Waals surface area contributed by atoms with Crippen LogP contribution in [0.5, 0.6) is 0 Å². The van der Waals surface area contributed by atoms with Crippen LogP contribution in [0.3, 0.4) is 0 Å². The molecule has 1 amide bonds. The maximum atomic E-state index is 12.0. The summed E-state index contributed by atoms with van der Waals surface area (Å²) in [7, 11) is 0.